The number of carboxylic acid groups (broad SMARTS) is 1. The molecule has 3 unspecified atom stereocenters. The number of carbonyl (C=O) groups is 1. The molecule has 3 atom stereocenters. The average molecular weight is 259 g/mol. The van der Waals surface area contributed by atoms with E-state index in [0.29, 0.717) is 11.8 Å². The molecule has 0 amide bonds. The van der Waals surface area contributed by atoms with Gasteiger partial charge in [0.15, 0.2) is 0 Å². The number of piperidine rings is 1. The summed E-state index contributed by atoms with van der Waals surface area (Å²) in [6.45, 7) is 1.91. The van der Waals surface area contributed by atoms with E-state index in [2.05, 4.69) is 29.2 Å². The maximum atomic E-state index is 11.3. The topological polar surface area (TPSA) is 40.5 Å². The summed E-state index contributed by atoms with van der Waals surface area (Å²) in [4.78, 5) is 13.5. The zero-order valence-electron chi connectivity index (χ0n) is 11.2. The fourth-order valence-corrected chi connectivity index (χ4v) is 3.35. The van der Waals surface area contributed by atoms with E-state index in [1.54, 1.807) is 0 Å². The minimum atomic E-state index is -0.642. The molecule has 0 aromatic heterocycles. The summed E-state index contributed by atoms with van der Waals surface area (Å²) in [6, 6.07) is 10.4. The van der Waals surface area contributed by atoms with E-state index in [9.17, 15) is 9.90 Å². The van der Waals surface area contributed by atoms with Crippen molar-refractivity contribution < 1.29 is 9.90 Å². The molecule has 2 aliphatic rings. The average Bonchev–Trinajstić information content (AvgIpc) is 3.19. The molecule has 0 radical (unpaired) electrons. The lowest BCUT2D eigenvalue weighted by Crippen LogP contribution is -2.45. The summed E-state index contributed by atoms with van der Waals surface area (Å²) in [5.41, 5.74) is 1.41. The Morgan fingerprint density at radius 2 is 2.05 bits per heavy atom. The fraction of sp³-hybridized carbons (Fsp3) is 0.562. The Bertz CT molecular complexity index is 445. The lowest BCUT2D eigenvalue weighted by Gasteiger charge is -2.33. The van der Waals surface area contributed by atoms with Crippen molar-refractivity contribution in [2.24, 2.45) is 5.92 Å². The molecule has 3 nitrogen and oxygen atoms in total. The van der Waals surface area contributed by atoms with Gasteiger partial charge in [-0.05, 0) is 43.2 Å². The second-order valence-electron chi connectivity index (χ2n) is 5.86. The van der Waals surface area contributed by atoms with Crippen LogP contribution in [0.2, 0.25) is 0 Å². The normalized spacial score (nSPS) is 31.1. The van der Waals surface area contributed by atoms with Crippen LogP contribution in [-0.4, -0.2) is 35.1 Å². The standard InChI is InChI=1S/C16H21NO2/c18-16(19)15-8-4-5-9-17(15)11-13-10-14(13)12-6-2-1-3-7-12/h1-3,6-7,13-15H,4-5,8-11H2,(H,18,19). The highest BCUT2D eigenvalue weighted by molar-refractivity contribution is 5.73. The van der Waals surface area contributed by atoms with Crippen LogP contribution in [0.3, 0.4) is 0 Å². The molecule has 3 heteroatoms. The highest BCUT2D eigenvalue weighted by Gasteiger charge is 2.41. The molecule has 1 saturated carbocycles. The molecular weight excluding hydrogens is 238 g/mol. The Hall–Kier alpha value is -1.35. The highest BCUT2D eigenvalue weighted by atomic mass is 16.4. The van der Waals surface area contributed by atoms with Gasteiger partial charge in [0.25, 0.3) is 0 Å². The van der Waals surface area contributed by atoms with E-state index >= 15 is 0 Å². The number of benzene rings is 1. The number of likely N-dealkylation sites (tertiary alicyclic amines) is 1. The van der Waals surface area contributed by atoms with E-state index in [1.807, 2.05) is 6.07 Å². The third-order valence-electron chi connectivity index (χ3n) is 4.52. The second kappa shape index (κ2) is 5.33. The van der Waals surface area contributed by atoms with Crippen molar-refractivity contribution in [2.45, 2.75) is 37.6 Å². The first kappa shape index (κ1) is 12.7. The van der Waals surface area contributed by atoms with E-state index < -0.39 is 5.97 Å². The van der Waals surface area contributed by atoms with Gasteiger partial charge < -0.3 is 5.11 Å². The van der Waals surface area contributed by atoms with E-state index in [-0.39, 0.29) is 6.04 Å². The third kappa shape index (κ3) is 2.81. The van der Waals surface area contributed by atoms with Gasteiger partial charge in [0.2, 0.25) is 0 Å². The van der Waals surface area contributed by atoms with Crippen molar-refractivity contribution in [1.82, 2.24) is 4.90 Å². The molecular formula is C16H21NO2. The minimum Gasteiger partial charge on any atom is -0.480 e. The predicted octanol–water partition coefficient (Wildman–Crippen LogP) is 2.73. The van der Waals surface area contributed by atoms with Gasteiger partial charge in [-0.3, -0.25) is 9.69 Å². The number of hydrogen-bond donors (Lipinski definition) is 1. The first-order chi connectivity index (χ1) is 9.25. The Kier molecular flexibility index (Phi) is 3.56. The van der Waals surface area contributed by atoms with Crippen LogP contribution in [0.25, 0.3) is 0 Å². The first-order valence-electron chi connectivity index (χ1n) is 7.27. The first-order valence-corrected chi connectivity index (χ1v) is 7.27. The van der Waals surface area contributed by atoms with Gasteiger partial charge in [-0.15, -0.1) is 0 Å². The number of nitrogens with zero attached hydrogens (tertiary/aromatic N) is 1. The van der Waals surface area contributed by atoms with Crippen molar-refractivity contribution in [3.05, 3.63) is 35.9 Å². The summed E-state index contributed by atoms with van der Waals surface area (Å²) in [5, 5.41) is 9.28. The maximum absolute atomic E-state index is 11.3. The Morgan fingerprint density at radius 1 is 1.26 bits per heavy atom. The molecule has 19 heavy (non-hydrogen) atoms. The molecule has 0 bridgehead atoms. The molecule has 2 fully saturated rings. The van der Waals surface area contributed by atoms with Crippen LogP contribution in [0.4, 0.5) is 0 Å². The lowest BCUT2D eigenvalue weighted by molar-refractivity contribution is -0.144. The Labute approximate surface area is 114 Å². The minimum absolute atomic E-state index is 0.245. The van der Waals surface area contributed by atoms with Gasteiger partial charge in [-0.2, -0.15) is 0 Å². The van der Waals surface area contributed by atoms with Crippen molar-refractivity contribution in [3.63, 3.8) is 0 Å². The van der Waals surface area contributed by atoms with Crippen LogP contribution in [0.1, 0.15) is 37.2 Å². The van der Waals surface area contributed by atoms with Crippen molar-refractivity contribution >= 4 is 5.97 Å². The smallest absolute Gasteiger partial charge is 0.320 e. The van der Waals surface area contributed by atoms with Crippen LogP contribution in [0.15, 0.2) is 30.3 Å². The van der Waals surface area contributed by atoms with Crippen LogP contribution < -0.4 is 0 Å². The number of carboxylic acids is 1. The van der Waals surface area contributed by atoms with Crippen molar-refractivity contribution in [3.8, 4) is 0 Å². The lowest BCUT2D eigenvalue weighted by atomic mass is 10.0. The zero-order chi connectivity index (χ0) is 13.2. The molecule has 1 aromatic rings. The van der Waals surface area contributed by atoms with Crippen molar-refractivity contribution in [2.75, 3.05) is 13.1 Å². The van der Waals surface area contributed by atoms with E-state index in [0.717, 1.165) is 32.4 Å². The monoisotopic (exact) mass is 259 g/mol. The van der Waals surface area contributed by atoms with Gasteiger partial charge >= 0.3 is 5.97 Å². The molecule has 3 rings (SSSR count). The Balaban J connectivity index is 1.59. The summed E-state index contributed by atoms with van der Waals surface area (Å²) in [6.07, 6.45) is 4.23. The summed E-state index contributed by atoms with van der Waals surface area (Å²) in [5.74, 6) is 0.663. The molecule has 1 aliphatic carbocycles. The Morgan fingerprint density at radius 3 is 2.79 bits per heavy atom. The number of rotatable bonds is 4. The molecule has 1 N–H and O–H groups in total. The van der Waals surface area contributed by atoms with Gasteiger partial charge in [0.1, 0.15) is 6.04 Å². The van der Waals surface area contributed by atoms with Gasteiger partial charge in [-0.1, -0.05) is 36.8 Å². The predicted molar refractivity (Wildman–Crippen MR) is 74.1 cm³/mol. The molecule has 1 heterocycles. The van der Waals surface area contributed by atoms with Crippen LogP contribution in [-0.2, 0) is 4.79 Å². The van der Waals surface area contributed by atoms with Gasteiger partial charge in [0.05, 0.1) is 0 Å². The molecule has 1 aromatic carbocycles. The summed E-state index contributed by atoms with van der Waals surface area (Å²) < 4.78 is 0. The zero-order valence-corrected chi connectivity index (χ0v) is 11.2. The maximum Gasteiger partial charge on any atom is 0.320 e. The number of hydrogen-bond acceptors (Lipinski definition) is 2. The quantitative estimate of drug-likeness (QED) is 0.904. The van der Waals surface area contributed by atoms with Crippen molar-refractivity contribution in [1.29, 1.82) is 0 Å². The van der Waals surface area contributed by atoms with Crippen LogP contribution in [0, 0.1) is 5.92 Å². The van der Waals surface area contributed by atoms with Crippen LogP contribution >= 0.6 is 0 Å². The van der Waals surface area contributed by atoms with Crippen LogP contribution in [0.5, 0.6) is 0 Å². The molecule has 0 spiro atoms. The molecule has 102 valence electrons. The van der Waals surface area contributed by atoms with Gasteiger partial charge in [-0.25, -0.2) is 0 Å². The summed E-state index contributed by atoms with van der Waals surface area (Å²) in [7, 11) is 0. The molecule has 1 saturated heterocycles. The summed E-state index contributed by atoms with van der Waals surface area (Å²) >= 11 is 0. The van der Waals surface area contributed by atoms with E-state index in [1.165, 1.54) is 12.0 Å². The third-order valence-corrected chi connectivity index (χ3v) is 4.52. The fourth-order valence-electron chi connectivity index (χ4n) is 3.35. The largest absolute Gasteiger partial charge is 0.480 e. The molecule has 1 aliphatic heterocycles. The van der Waals surface area contributed by atoms with E-state index in [4.69, 9.17) is 0 Å². The highest BCUT2D eigenvalue weighted by Crippen LogP contribution is 2.48. The van der Waals surface area contributed by atoms with Gasteiger partial charge in [0, 0.05) is 6.54 Å². The second-order valence-corrected chi connectivity index (χ2v) is 5.86. The SMILES string of the molecule is O=C(O)C1CCCCN1CC1CC1c1ccccc1. The number of aliphatic carboxylic acids is 1.